The number of amides is 1. The molecule has 0 bridgehead atoms. The van der Waals surface area contributed by atoms with E-state index >= 15 is 0 Å². The van der Waals surface area contributed by atoms with E-state index in [2.05, 4.69) is 15.4 Å². The van der Waals surface area contributed by atoms with E-state index in [0.717, 1.165) is 25.9 Å². The molecule has 0 unspecified atom stereocenters. The first kappa shape index (κ1) is 13.3. The van der Waals surface area contributed by atoms with Crippen molar-refractivity contribution in [2.75, 3.05) is 26.3 Å². The highest BCUT2D eigenvalue weighted by Crippen LogP contribution is 2.01. The molecule has 1 rings (SSSR count). The lowest BCUT2D eigenvalue weighted by Gasteiger charge is -2.23. The first-order chi connectivity index (χ1) is 7.68. The number of piperidine rings is 1. The molecular weight excluding hydrogens is 218 g/mol. The Morgan fingerprint density at radius 3 is 3.00 bits per heavy atom. The third-order valence-corrected chi connectivity index (χ3v) is 2.38. The van der Waals surface area contributed by atoms with Gasteiger partial charge >= 0.3 is 0 Å². The van der Waals surface area contributed by atoms with Crippen molar-refractivity contribution >= 4 is 5.91 Å². The van der Waals surface area contributed by atoms with E-state index in [-0.39, 0.29) is 25.0 Å². The highest BCUT2D eigenvalue weighted by atomic mass is 19.3. The molecule has 0 aliphatic carbocycles. The molecule has 0 aromatic carbocycles. The zero-order chi connectivity index (χ0) is 11.8. The minimum Gasteiger partial charge on any atom is -0.375 e. The molecule has 0 radical (unpaired) electrons. The Hall–Kier alpha value is -0.750. The second-order valence-electron chi connectivity index (χ2n) is 3.83. The Bertz CT molecular complexity index is 209. The minimum atomic E-state index is -2.47. The molecule has 0 aromatic heterocycles. The van der Waals surface area contributed by atoms with Crippen molar-refractivity contribution in [3.05, 3.63) is 0 Å². The maximum Gasteiger partial charge on any atom is 0.261 e. The normalized spacial score (nSPS) is 21.1. The van der Waals surface area contributed by atoms with E-state index in [1.807, 2.05) is 0 Å². The van der Waals surface area contributed by atoms with Crippen LogP contribution in [0.5, 0.6) is 0 Å². The van der Waals surface area contributed by atoms with Gasteiger partial charge < -0.3 is 15.4 Å². The van der Waals surface area contributed by atoms with Gasteiger partial charge in [-0.1, -0.05) is 0 Å². The summed E-state index contributed by atoms with van der Waals surface area (Å²) in [5, 5.41) is 6.02. The van der Waals surface area contributed by atoms with Crippen LogP contribution in [0.15, 0.2) is 0 Å². The number of hydrogen-bond acceptors (Lipinski definition) is 3. The molecule has 94 valence electrons. The first-order valence-corrected chi connectivity index (χ1v) is 5.54. The summed E-state index contributed by atoms with van der Waals surface area (Å²) in [4.78, 5) is 11.3. The summed E-state index contributed by atoms with van der Waals surface area (Å²) >= 11 is 0. The van der Waals surface area contributed by atoms with Gasteiger partial charge in [-0.3, -0.25) is 4.79 Å². The van der Waals surface area contributed by atoms with E-state index in [1.54, 1.807) is 0 Å². The predicted molar refractivity (Wildman–Crippen MR) is 55.5 cm³/mol. The molecule has 6 heteroatoms. The third-order valence-electron chi connectivity index (χ3n) is 2.38. The van der Waals surface area contributed by atoms with Crippen LogP contribution in [0.25, 0.3) is 0 Å². The van der Waals surface area contributed by atoms with E-state index in [1.165, 1.54) is 0 Å². The number of carbonyl (C=O) groups excluding carboxylic acids is 1. The van der Waals surface area contributed by atoms with Gasteiger partial charge in [0.1, 0.15) is 6.61 Å². The van der Waals surface area contributed by atoms with E-state index < -0.39 is 13.0 Å². The van der Waals surface area contributed by atoms with Crippen LogP contribution < -0.4 is 10.6 Å². The van der Waals surface area contributed by atoms with Gasteiger partial charge in [0.05, 0.1) is 6.61 Å². The molecule has 16 heavy (non-hydrogen) atoms. The fourth-order valence-electron chi connectivity index (χ4n) is 1.61. The van der Waals surface area contributed by atoms with E-state index in [0.29, 0.717) is 0 Å². The summed E-state index contributed by atoms with van der Waals surface area (Å²) in [7, 11) is 0. The van der Waals surface area contributed by atoms with Crippen LogP contribution in [0.2, 0.25) is 0 Å². The van der Waals surface area contributed by atoms with E-state index in [4.69, 9.17) is 0 Å². The van der Waals surface area contributed by atoms with Crippen molar-refractivity contribution in [2.45, 2.75) is 31.7 Å². The van der Waals surface area contributed by atoms with Crippen LogP contribution >= 0.6 is 0 Å². The highest BCUT2D eigenvalue weighted by Gasteiger charge is 2.14. The van der Waals surface area contributed by atoms with Gasteiger partial charge in [-0.25, -0.2) is 8.78 Å². The summed E-state index contributed by atoms with van der Waals surface area (Å²) in [6.07, 6.45) is -0.308. The standard InChI is InChI=1S/C10H18F2N2O2/c11-9(12)7-16-5-3-10(15)14-8-2-1-4-13-6-8/h8-9,13H,1-7H2,(H,14,15)/t8-/m0/s1. The van der Waals surface area contributed by atoms with Crippen LogP contribution in [0.1, 0.15) is 19.3 Å². The third kappa shape index (κ3) is 5.97. The van der Waals surface area contributed by atoms with Crippen LogP contribution in [0.3, 0.4) is 0 Å². The quantitative estimate of drug-likeness (QED) is 0.661. The van der Waals surface area contributed by atoms with Crippen LogP contribution in [-0.4, -0.2) is 44.7 Å². The minimum absolute atomic E-state index is 0.0519. The van der Waals surface area contributed by atoms with Gasteiger partial charge in [-0.15, -0.1) is 0 Å². The van der Waals surface area contributed by atoms with Gasteiger partial charge in [0.25, 0.3) is 6.43 Å². The maximum absolute atomic E-state index is 11.7. The number of hydrogen-bond donors (Lipinski definition) is 2. The Labute approximate surface area is 93.7 Å². The number of nitrogens with one attached hydrogen (secondary N) is 2. The lowest BCUT2D eigenvalue weighted by Crippen LogP contribution is -2.45. The Kier molecular flexibility index (Phi) is 6.25. The average Bonchev–Trinajstić information content (AvgIpc) is 2.25. The van der Waals surface area contributed by atoms with Crippen molar-refractivity contribution in [3.8, 4) is 0 Å². The summed E-state index contributed by atoms with van der Waals surface area (Å²) in [6, 6.07) is 0.163. The maximum atomic E-state index is 11.7. The Morgan fingerprint density at radius 2 is 2.38 bits per heavy atom. The summed E-state index contributed by atoms with van der Waals surface area (Å²) < 4.78 is 28.0. The molecule has 0 saturated carbocycles. The fraction of sp³-hybridized carbons (Fsp3) is 0.900. The molecule has 1 saturated heterocycles. The molecular formula is C10H18F2N2O2. The van der Waals surface area contributed by atoms with Gasteiger partial charge in [-0.05, 0) is 19.4 Å². The zero-order valence-corrected chi connectivity index (χ0v) is 9.18. The molecule has 0 aromatic rings. The van der Waals surface area contributed by atoms with Crippen LogP contribution in [0.4, 0.5) is 8.78 Å². The van der Waals surface area contributed by atoms with Crippen molar-refractivity contribution in [1.29, 1.82) is 0 Å². The smallest absolute Gasteiger partial charge is 0.261 e. The Morgan fingerprint density at radius 1 is 1.56 bits per heavy atom. The molecule has 0 spiro atoms. The van der Waals surface area contributed by atoms with Gasteiger partial charge in [0.2, 0.25) is 5.91 Å². The second kappa shape index (κ2) is 7.51. The van der Waals surface area contributed by atoms with Crippen LogP contribution in [-0.2, 0) is 9.53 Å². The molecule has 1 amide bonds. The zero-order valence-electron chi connectivity index (χ0n) is 9.18. The highest BCUT2D eigenvalue weighted by molar-refractivity contribution is 5.76. The monoisotopic (exact) mass is 236 g/mol. The molecule has 1 aliphatic rings. The number of ether oxygens (including phenoxy) is 1. The second-order valence-corrected chi connectivity index (χ2v) is 3.83. The van der Waals surface area contributed by atoms with Crippen molar-refractivity contribution in [2.24, 2.45) is 0 Å². The summed E-state index contributed by atoms with van der Waals surface area (Å²) in [5.74, 6) is -0.136. The average molecular weight is 236 g/mol. The fourth-order valence-corrected chi connectivity index (χ4v) is 1.61. The van der Waals surface area contributed by atoms with E-state index in [9.17, 15) is 13.6 Å². The molecule has 4 nitrogen and oxygen atoms in total. The largest absolute Gasteiger partial charge is 0.375 e. The molecule has 1 heterocycles. The lowest BCUT2D eigenvalue weighted by molar-refractivity contribution is -0.123. The van der Waals surface area contributed by atoms with Crippen molar-refractivity contribution in [1.82, 2.24) is 10.6 Å². The summed E-state index contributed by atoms with van der Waals surface area (Å²) in [5.41, 5.74) is 0. The molecule has 1 fully saturated rings. The molecule has 2 N–H and O–H groups in total. The molecule has 1 aliphatic heterocycles. The number of halogens is 2. The first-order valence-electron chi connectivity index (χ1n) is 5.54. The van der Waals surface area contributed by atoms with Crippen molar-refractivity contribution in [3.63, 3.8) is 0 Å². The summed E-state index contributed by atoms with van der Waals surface area (Å²) in [6.45, 7) is 1.22. The number of rotatable bonds is 6. The van der Waals surface area contributed by atoms with Gasteiger partial charge in [0, 0.05) is 19.0 Å². The SMILES string of the molecule is O=C(CCOCC(F)F)N[C@H]1CCCNC1. The number of alkyl halides is 2. The predicted octanol–water partition coefficient (Wildman–Crippen LogP) is 0.526. The van der Waals surface area contributed by atoms with Gasteiger partial charge in [0.15, 0.2) is 0 Å². The topological polar surface area (TPSA) is 50.4 Å². The van der Waals surface area contributed by atoms with Crippen LogP contribution in [0, 0.1) is 0 Å². The molecule has 1 atom stereocenters. The van der Waals surface area contributed by atoms with Gasteiger partial charge in [-0.2, -0.15) is 0 Å². The lowest BCUT2D eigenvalue weighted by atomic mass is 10.1. The Balaban J connectivity index is 2.01. The number of carbonyl (C=O) groups is 1. The van der Waals surface area contributed by atoms with Crippen molar-refractivity contribution < 1.29 is 18.3 Å².